The largest absolute Gasteiger partial charge is 0.481 e. The van der Waals surface area contributed by atoms with Gasteiger partial charge in [0.1, 0.15) is 42.3 Å². The van der Waals surface area contributed by atoms with Crippen LogP contribution in [0.15, 0.2) is 0 Å². The molecule has 0 unspecified atom stereocenters. The molecule has 0 saturated carbocycles. The van der Waals surface area contributed by atoms with Crippen LogP contribution in [0.5, 0.6) is 0 Å². The zero-order valence-electron chi connectivity index (χ0n) is 38.1. The molecule has 2 heterocycles. The summed E-state index contributed by atoms with van der Waals surface area (Å²) in [6.45, 7) is 4.92. The Labute approximate surface area is 389 Å². The molecule has 9 atom stereocenters. The molecule has 68 heavy (non-hydrogen) atoms. The van der Waals surface area contributed by atoms with E-state index in [1.807, 2.05) is 0 Å². The number of nitrogens with one attached hydrogen (secondary N) is 9. The number of likely N-dealkylation sites (tertiary alicyclic amines) is 1. The van der Waals surface area contributed by atoms with Crippen LogP contribution in [0.4, 0.5) is 0 Å². The van der Waals surface area contributed by atoms with Gasteiger partial charge < -0.3 is 78.9 Å². The van der Waals surface area contributed by atoms with Gasteiger partial charge in [-0.25, -0.2) is 4.79 Å². The number of primary amides is 1. The van der Waals surface area contributed by atoms with Gasteiger partial charge in [-0.15, -0.1) is 0 Å². The van der Waals surface area contributed by atoms with Gasteiger partial charge in [-0.1, -0.05) is 13.8 Å². The summed E-state index contributed by atoms with van der Waals surface area (Å²) in [4.78, 5) is 164. The third-order valence-electron chi connectivity index (χ3n) is 10.6. The van der Waals surface area contributed by atoms with E-state index >= 15 is 0 Å². The molecular weight excluding hydrogens is 906 g/mol. The topological polar surface area (TPSA) is 440 Å². The first-order valence-corrected chi connectivity index (χ1v) is 21.8. The Morgan fingerprint density at radius 1 is 0.647 bits per heavy atom. The van der Waals surface area contributed by atoms with E-state index in [1.165, 1.54) is 13.8 Å². The molecule has 2 aliphatic heterocycles. The van der Waals surface area contributed by atoms with Gasteiger partial charge in [0, 0.05) is 25.9 Å². The highest BCUT2D eigenvalue weighted by Crippen LogP contribution is 2.18. The van der Waals surface area contributed by atoms with Crippen LogP contribution in [0.2, 0.25) is 0 Å². The number of aliphatic carboxylic acids is 3. The van der Waals surface area contributed by atoms with E-state index in [2.05, 4.69) is 47.9 Å². The number of hydrogen-bond donors (Lipinski definition) is 14. The van der Waals surface area contributed by atoms with Crippen molar-refractivity contribution < 1.29 is 82.8 Å². The predicted molar refractivity (Wildman–Crippen MR) is 231 cm³/mol. The van der Waals surface area contributed by atoms with Crippen LogP contribution in [-0.4, -0.2) is 183 Å². The monoisotopic (exact) mass is 969 g/mol. The molecule has 0 bridgehead atoms. The van der Waals surface area contributed by atoms with E-state index in [1.54, 1.807) is 13.8 Å². The number of carboxylic acid groups (broad SMARTS) is 3. The van der Waals surface area contributed by atoms with E-state index in [4.69, 9.17) is 10.8 Å². The highest BCUT2D eigenvalue weighted by atomic mass is 16.4. The Hall–Kier alpha value is -6.97. The molecule has 0 aliphatic carbocycles. The van der Waals surface area contributed by atoms with Crippen molar-refractivity contribution in [2.75, 3.05) is 26.2 Å². The average Bonchev–Trinajstić information content (AvgIpc) is 3.93. The van der Waals surface area contributed by atoms with Crippen molar-refractivity contribution in [1.29, 1.82) is 0 Å². The van der Waals surface area contributed by atoms with Gasteiger partial charge >= 0.3 is 17.9 Å². The predicted octanol–water partition coefficient (Wildman–Crippen LogP) is -6.38. The summed E-state index contributed by atoms with van der Waals surface area (Å²) >= 11 is 0. The molecule has 2 saturated heterocycles. The van der Waals surface area contributed by atoms with Gasteiger partial charge in [-0.2, -0.15) is 0 Å². The third-order valence-corrected chi connectivity index (χ3v) is 10.6. The number of nitrogens with zero attached hydrogens (tertiary/aromatic N) is 1. The molecule has 10 amide bonds. The van der Waals surface area contributed by atoms with Crippen LogP contribution in [0.3, 0.4) is 0 Å². The number of carboxylic acids is 3. The molecule has 380 valence electrons. The molecule has 28 nitrogen and oxygen atoms in total. The number of β-amino-alcohol motifs (C(OH)–C–C–N with tert-alkyl or cyclic N) is 1. The van der Waals surface area contributed by atoms with Crippen molar-refractivity contribution in [3.8, 4) is 0 Å². The molecule has 0 aromatic carbocycles. The number of aliphatic hydroxyl groups is 1. The molecular formula is C40H63N11O17. The number of hydrogen-bond acceptors (Lipinski definition) is 15. The lowest BCUT2D eigenvalue weighted by Gasteiger charge is -2.26. The molecule has 0 aromatic rings. The Morgan fingerprint density at radius 2 is 1.24 bits per heavy atom. The van der Waals surface area contributed by atoms with Crippen LogP contribution < -0.4 is 53.6 Å². The van der Waals surface area contributed by atoms with E-state index in [9.17, 15) is 77.6 Å². The maximum Gasteiger partial charge on any atom is 0.326 e. The molecule has 2 rings (SSSR count). The molecule has 15 N–H and O–H groups in total. The van der Waals surface area contributed by atoms with Gasteiger partial charge in [-0.3, -0.25) is 57.5 Å². The lowest BCUT2D eigenvalue weighted by Crippen LogP contribution is -2.59. The van der Waals surface area contributed by atoms with Gasteiger partial charge in [0.25, 0.3) is 0 Å². The Bertz CT molecular complexity index is 1920. The van der Waals surface area contributed by atoms with Gasteiger partial charge in [0.05, 0.1) is 31.7 Å². The second-order valence-corrected chi connectivity index (χ2v) is 16.8. The summed E-state index contributed by atoms with van der Waals surface area (Å²) in [5, 5.41) is 58.7. The van der Waals surface area contributed by atoms with E-state index in [0.29, 0.717) is 6.42 Å². The highest BCUT2D eigenvalue weighted by Gasteiger charge is 2.37. The van der Waals surface area contributed by atoms with Crippen LogP contribution in [0.1, 0.15) is 85.5 Å². The van der Waals surface area contributed by atoms with Gasteiger partial charge in [0.2, 0.25) is 59.1 Å². The first-order valence-electron chi connectivity index (χ1n) is 21.8. The summed E-state index contributed by atoms with van der Waals surface area (Å²) in [6, 6.07) is -10.8. The maximum absolute atomic E-state index is 13.4. The minimum atomic E-state index is -1.85. The normalized spacial score (nSPS) is 19.1. The number of amides is 10. The molecule has 0 aromatic heterocycles. The lowest BCUT2D eigenvalue weighted by molar-refractivity contribution is -0.145. The maximum atomic E-state index is 13.4. The fraction of sp³-hybridized carbons (Fsp3) is 0.675. The number of carbonyl (C=O) groups is 13. The Balaban J connectivity index is 2.03. The smallest absolute Gasteiger partial charge is 0.326 e. The second kappa shape index (κ2) is 27.6. The zero-order valence-corrected chi connectivity index (χ0v) is 38.1. The number of rotatable bonds is 28. The van der Waals surface area contributed by atoms with Crippen molar-refractivity contribution in [2.24, 2.45) is 11.7 Å². The van der Waals surface area contributed by atoms with Gasteiger partial charge in [0.15, 0.2) is 0 Å². The minimum absolute atomic E-state index is 0.0168. The average molecular weight is 970 g/mol. The molecule has 0 radical (unpaired) electrons. The number of nitrogens with two attached hydrogens (primary N) is 1. The fourth-order valence-corrected chi connectivity index (χ4v) is 6.97. The third kappa shape index (κ3) is 19.9. The summed E-state index contributed by atoms with van der Waals surface area (Å²) in [7, 11) is 0. The first kappa shape index (κ1) is 57.2. The quantitative estimate of drug-likeness (QED) is 0.0347. The SMILES string of the molecule is CC(C)C[C@H](NC(=O)[C@H](C)NC(=O)[C@H](CC(=O)O)NC(=O)[C@H](CCC(N)=O)NC(=O)CNC(=O)[C@@H]1C[C@@H](O)CN1)C(=O)N[C@@H](C)C(=O)NCC(=O)N1CCC[C@H]1C(=O)N[C@@H](CCC(=O)O)C(=O)O. The van der Waals surface area contributed by atoms with Crippen LogP contribution in [0, 0.1) is 5.92 Å². The van der Waals surface area contributed by atoms with Crippen LogP contribution >= 0.6 is 0 Å². The molecule has 2 aliphatic rings. The van der Waals surface area contributed by atoms with Crippen molar-refractivity contribution in [3.63, 3.8) is 0 Å². The molecule has 0 spiro atoms. The summed E-state index contributed by atoms with van der Waals surface area (Å²) in [5.74, 6) is -13.3. The lowest BCUT2D eigenvalue weighted by atomic mass is 10.0. The summed E-state index contributed by atoms with van der Waals surface area (Å²) in [6.07, 6.45) is -2.86. The zero-order chi connectivity index (χ0) is 51.4. The molecule has 2 fully saturated rings. The Kier molecular flexibility index (Phi) is 23.2. The molecule has 28 heteroatoms. The minimum Gasteiger partial charge on any atom is -0.481 e. The van der Waals surface area contributed by atoms with Crippen molar-refractivity contribution in [1.82, 2.24) is 52.8 Å². The van der Waals surface area contributed by atoms with Crippen molar-refractivity contribution >= 4 is 77.0 Å². The van der Waals surface area contributed by atoms with E-state index in [0.717, 1.165) is 4.90 Å². The van der Waals surface area contributed by atoms with E-state index in [-0.39, 0.29) is 38.3 Å². The highest BCUT2D eigenvalue weighted by molar-refractivity contribution is 5.98. The standard InChI is InChI=1S/C40H63N11O17/c1-18(2)12-25(37(64)45-19(3)33(60)44-17-30(55)51-11-5-6-27(51)39(66)48-23(40(67)68)8-10-31(56)57)49-34(61)20(4)46-38(65)26(14-32(58)59)50-36(63)22(7-9-28(41)53)47-29(54)16-43-35(62)24-13-21(52)15-42-24/h18-27,42,52H,5-17H2,1-4H3,(H2,41,53)(H,43,62)(H,44,60)(H,45,64)(H,46,65)(H,47,54)(H,48,66)(H,49,61)(H,50,63)(H,56,57)(H,58,59)(H,67,68)/t19-,20-,21+,22-,23-,24-,25-,26-,27-/m0/s1. The number of carbonyl (C=O) groups excluding carboxylic acids is 10. The van der Waals surface area contributed by atoms with Crippen molar-refractivity contribution in [3.05, 3.63) is 0 Å². The Morgan fingerprint density at radius 3 is 1.79 bits per heavy atom. The fourth-order valence-electron chi connectivity index (χ4n) is 6.97. The second-order valence-electron chi connectivity index (χ2n) is 16.8. The van der Waals surface area contributed by atoms with Crippen molar-refractivity contribution in [2.45, 2.75) is 140 Å². The first-order chi connectivity index (χ1) is 31.8. The summed E-state index contributed by atoms with van der Waals surface area (Å²) in [5.41, 5.74) is 5.21. The summed E-state index contributed by atoms with van der Waals surface area (Å²) < 4.78 is 0. The van der Waals surface area contributed by atoms with Crippen LogP contribution in [-0.2, 0) is 62.3 Å². The number of aliphatic hydroxyl groups excluding tert-OH is 1. The van der Waals surface area contributed by atoms with Crippen LogP contribution in [0.25, 0.3) is 0 Å². The van der Waals surface area contributed by atoms with Gasteiger partial charge in [-0.05, 0) is 58.3 Å². The van der Waals surface area contributed by atoms with E-state index < -0.39 is 177 Å².